The van der Waals surface area contributed by atoms with Gasteiger partial charge in [0, 0.05) is 0 Å². The first-order valence-corrected chi connectivity index (χ1v) is 4.58. The lowest BCUT2D eigenvalue weighted by Gasteiger charge is -2.13. The topological polar surface area (TPSA) is 50.1 Å². The first-order valence-electron chi connectivity index (χ1n) is 4.21. The molecule has 0 atom stereocenters. The lowest BCUT2D eigenvalue weighted by Crippen LogP contribution is -2.11. The van der Waals surface area contributed by atoms with Gasteiger partial charge in [0.15, 0.2) is 0 Å². The van der Waals surface area contributed by atoms with E-state index >= 15 is 0 Å². The summed E-state index contributed by atoms with van der Waals surface area (Å²) in [5.74, 6) is -0.172. The molecular weight excluding hydrogens is 259 g/mol. The number of alkyl halides is 3. The molecule has 7 heteroatoms. The van der Waals surface area contributed by atoms with Crippen LogP contribution in [0.4, 0.5) is 13.2 Å². The fourth-order valence-corrected chi connectivity index (χ4v) is 1.49. The van der Waals surface area contributed by atoms with Gasteiger partial charge >= 0.3 is 6.18 Å². The maximum atomic E-state index is 12.6. The number of ether oxygens (including phenoxy) is 1. The van der Waals surface area contributed by atoms with Crippen molar-refractivity contribution in [3.8, 4) is 11.8 Å². The Labute approximate surface area is 99.4 Å². The highest BCUT2D eigenvalue weighted by molar-refractivity contribution is 6.68. The van der Waals surface area contributed by atoms with Crippen LogP contribution in [0.3, 0.4) is 0 Å². The molecule has 0 aliphatic rings. The summed E-state index contributed by atoms with van der Waals surface area (Å²) in [6, 6.07) is 2.93. The molecule has 3 nitrogen and oxygen atoms in total. The number of hydrogen-bond acceptors (Lipinski definition) is 3. The molecule has 0 amide bonds. The number of nitriles is 1. The predicted octanol–water partition coefficient (Wildman–Crippen LogP) is 2.96. The third-order valence-corrected chi connectivity index (χ3v) is 2.19. The van der Waals surface area contributed by atoms with E-state index in [0.29, 0.717) is 6.07 Å². The average Bonchev–Trinajstić information content (AvgIpc) is 2.25. The van der Waals surface area contributed by atoms with Gasteiger partial charge in [-0.15, -0.1) is 0 Å². The molecule has 0 aliphatic heterocycles. The molecule has 90 valence electrons. The van der Waals surface area contributed by atoms with Crippen molar-refractivity contribution in [1.82, 2.24) is 0 Å². The fraction of sp³-hybridized carbons (Fsp3) is 0.200. The summed E-state index contributed by atoms with van der Waals surface area (Å²) >= 11 is 5.16. The Balaban J connectivity index is 3.66. The van der Waals surface area contributed by atoms with Crippen LogP contribution in [0.1, 0.15) is 21.5 Å². The minimum atomic E-state index is -4.74. The standard InChI is InChI=1S/C10H5ClF3NO2/c1-17-7-3-2-6(10(12,13)14)5(4-15)8(7)9(11)16/h2-3H,1H3. The van der Waals surface area contributed by atoms with Gasteiger partial charge < -0.3 is 4.74 Å². The number of hydrogen-bond donors (Lipinski definition) is 0. The van der Waals surface area contributed by atoms with E-state index in [1.54, 1.807) is 0 Å². The molecule has 0 N–H and O–H groups in total. The van der Waals surface area contributed by atoms with Gasteiger partial charge in [-0.25, -0.2) is 0 Å². The largest absolute Gasteiger partial charge is 0.496 e. The summed E-state index contributed by atoms with van der Waals surface area (Å²) in [6.45, 7) is 0. The molecule has 17 heavy (non-hydrogen) atoms. The Morgan fingerprint density at radius 3 is 2.41 bits per heavy atom. The summed E-state index contributed by atoms with van der Waals surface area (Å²) in [5, 5.41) is 7.54. The van der Waals surface area contributed by atoms with Crippen LogP contribution in [-0.4, -0.2) is 12.4 Å². The minimum Gasteiger partial charge on any atom is -0.496 e. The van der Waals surface area contributed by atoms with Crippen LogP contribution in [0.25, 0.3) is 0 Å². The Morgan fingerprint density at radius 2 is 2.06 bits per heavy atom. The van der Waals surface area contributed by atoms with Gasteiger partial charge in [-0.1, -0.05) is 0 Å². The van der Waals surface area contributed by atoms with Crippen LogP contribution < -0.4 is 4.74 Å². The molecule has 1 rings (SSSR count). The first kappa shape index (κ1) is 13.3. The Kier molecular flexibility index (Phi) is 3.63. The molecule has 0 heterocycles. The van der Waals surface area contributed by atoms with E-state index < -0.39 is 28.1 Å². The molecule has 1 aromatic rings. The van der Waals surface area contributed by atoms with Crippen molar-refractivity contribution in [2.45, 2.75) is 6.18 Å². The van der Waals surface area contributed by atoms with Gasteiger partial charge in [0.25, 0.3) is 5.24 Å². The van der Waals surface area contributed by atoms with Crippen molar-refractivity contribution in [2.75, 3.05) is 7.11 Å². The number of benzene rings is 1. The molecular formula is C10H5ClF3NO2. The zero-order valence-corrected chi connectivity index (χ0v) is 9.19. The molecule has 0 saturated carbocycles. The number of carbonyl (C=O) groups excluding carboxylic acids is 1. The van der Waals surface area contributed by atoms with E-state index in [-0.39, 0.29) is 5.75 Å². The second kappa shape index (κ2) is 4.63. The van der Waals surface area contributed by atoms with E-state index in [4.69, 9.17) is 21.6 Å². The third kappa shape index (κ3) is 2.50. The van der Waals surface area contributed by atoms with Gasteiger partial charge in [0.05, 0.1) is 23.8 Å². The molecule has 0 unspecified atom stereocenters. The first-order chi connectivity index (χ1) is 7.82. The van der Waals surface area contributed by atoms with Gasteiger partial charge in [-0.2, -0.15) is 18.4 Å². The molecule has 1 aromatic carbocycles. The number of methoxy groups -OCH3 is 1. The molecule has 0 aromatic heterocycles. The van der Waals surface area contributed by atoms with E-state index in [1.165, 1.54) is 6.07 Å². The van der Waals surface area contributed by atoms with E-state index in [2.05, 4.69) is 0 Å². The number of nitrogens with zero attached hydrogens (tertiary/aromatic N) is 1. The van der Waals surface area contributed by atoms with E-state index in [0.717, 1.165) is 13.2 Å². The fourth-order valence-electron chi connectivity index (χ4n) is 1.30. The maximum Gasteiger partial charge on any atom is 0.417 e. The lowest BCUT2D eigenvalue weighted by molar-refractivity contribution is -0.137. The molecule has 0 spiro atoms. The second-order valence-corrected chi connectivity index (χ2v) is 3.29. The minimum absolute atomic E-state index is 0.172. The van der Waals surface area contributed by atoms with Crippen molar-refractivity contribution < 1.29 is 22.7 Å². The zero-order valence-electron chi connectivity index (χ0n) is 8.43. The number of carbonyl (C=O) groups is 1. The van der Waals surface area contributed by atoms with Crippen molar-refractivity contribution in [1.29, 1.82) is 5.26 Å². The molecule has 0 fully saturated rings. The summed E-state index contributed by atoms with van der Waals surface area (Å²) in [6.07, 6.45) is -4.74. The monoisotopic (exact) mass is 263 g/mol. The smallest absolute Gasteiger partial charge is 0.417 e. The van der Waals surface area contributed by atoms with Crippen LogP contribution in [-0.2, 0) is 6.18 Å². The Bertz CT molecular complexity index is 505. The highest BCUT2D eigenvalue weighted by atomic mass is 35.5. The van der Waals surface area contributed by atoms with Gasteiger partial charge in [0.2, 0.25) is 0 Å². The SMILES string of the molecule is COc1ccc(C(F)(F)F)c(C#N)c1C(=O)Cl. The normalized spacial score (nSPS) is 10.8. The zero-order chi connectivity index (χ0) is 13.2. The van der Waals surface area contributed by atoms with Crippen molar-refractivity contribution >= 4 is 16.8 Å². The van der Waals surface area contributed by atoms with Gasteiger partial charge in [-0.3, -0.25) is 4.79 Å². The summed E-state index contributed by atoms with van der Waals surface area (Å²) < 4.78 is 42.4. The van der Waals surface area contributed by atoms with Crippen molar-refractivity contribution in [3.05, 3.63) is 28.8 Å². The second-order valence-electron chi connectivity index (χ2n) is 2.95. The van der Waals surface area contributed by atoms with Crippen LogP contribution in [0.15, 0.2) is 12.1 Å². The average molecular weight is 264 g/mol. The van der Waals surface area contributed by atoms with E-state index in [9.17, 15) is 18.0 Å². The Morgan fingerprint density at radius 1 is 1.47 bits per heavy atom. The van der Waals surface area contributed by atoms with E-state index in [1.807, 2.05) is 0 Å². The number of halogens is 4. The summed E-state index contributed by atoms with van der Waals surface area (Å²) in [4.78, 5) is 11.1. The van der Waals surface area contributed by atoms with Crippen molar-refractivity contribution in [2.24, 2.45) is 0 Å². The summed E-state index contributed by atoms with van der Waals surface area (Å²) in [5.41, 5.74) is -2.63. The van der Waals surface area contributed by atoms with Crippen molar-refractivity contribution in [3.63, 3.8) is 0 Å². The van der Waals surface area contributed by atoms with Crippen LogP contribution >= 0.6 is 11.6 Å². The molecule has 0 bridgehead atoms. The highest BCUT2D eigenvalue weighted by Gasteiger charge is 2.36. The quantitative estimate of drug-likeness (QED) is 0.771. The molecule has 0 saturated heterocycles. The third-order valence-electron chi connectivity index (χ3n) is 2.00. The van der Waals surface area contributed by atoms with Crippen LogP contribution in [0.2, 0.25) is 0 Å². The molecule has 0 radical (unpaired) electrons. The Hall–Kier alpha value is -1.74. The number of rotatable bonds is 2. The maximum absolute atomic E-state index is 12.6. The predicted molar refractivity (Wildman–Crippen MR) is 52.9 cm³/mol. The molecule has 0 aliphatic carbocycles. The van der Waals surface area contributed by atoms with Gasteiger partial charge in [-0.05, 0) is 23.7 Å². The van der Waals surface area contributed by atoms with Crippen LogP contribution in [0, 0.1) is 11.3 Å². The van der Waals surface area contributed by atoms with Crippen LogP contribution in [0.5, 0.6) is 5.75 Å². The lowest BCUT2D eigenvalue weighted by atomic mass is 10.0. The summed E-state index contributed by atoms with van der Waals surface area (Å²) in [7, 11) is 1.16. The van der Waals surface area contributed by atoms with Gasteiger partial charge in [0.1, 0.15) is 11.8 Å². The highest BCUT2D eigenvalue weighted by Crippen LogP contribution is 2.36.